The van der Waals surface area contributed by atoms with Gasteiger partial charge in [-0.2, -0.15) is 5.10 Å². The second-order valence-electron chi connectivity index (χ2n) is 6.22. The van der Waals surface area contributed by atoms with Crippen LogP contribution in [-0.4, -0.2) is 22.2 Å². The molecule has 0 aliphatic heterocycles. The van der Waals surface area contributed by atoms with Gasteiger partial charge in [-0.25, -0.2) is 0 Å². The second-order valence-corrected chi connectivity index (χ2v) is 6.22. The molecule has 132 valence electrons. The maximum atomic E-state index is 12.8. The maximum Gasteiger partial charge on any atom is 0.251 e. The van der Waals surface area contributed by atoms with Crippen LogP contribution in [0.5, 0.6) is 0 Å². The Morgan fingerprint density at radius 3 is 2.42 bits per heavy atom. The molecule has 4 heteroatoms. The van der Waals surface area contributed by atoms with Crippen LogP contribution in [-0.2, 0) is 11.3 Å². The number of benzene rings is 2. The highest BCUT2D eigenvalue weighted by atomic mass is 16.1. The van der Waals surface area contributed by atoms with Gasteiger partial charge in [0.15, 0.2) is 0 Å². The molecule has 1 aromatic heterocycles. The van der Waals surface area contributed by atoms with E-state index in [-0.39, 0.29) is 5.91 Å². The van der Waals surface area contributed by atoms with E-state index in [9.17, 15) is 4.79 Å². The Labute approximate surface area is 154 Å². The first-order valence-electron chi connectivity index (χ1n) is 8.82. The van der Waals surface area contributed by atoms with E-state index >= 15 is 0 Å². The highest BCUT2D eigenvalue weighted by Gasteiger charge is 2.11. The van der Waals surface area contributed by atoms with Gasteiger partial charge in [-0.05, 0) is 36.1 Å². The van der Waals surface area contributed by atoms with Gasteiger partial charge >= 0.3 is 0 Å². The Balaban J connectivity index is 1.66. The van der Waals surface area contributed by atoms with Gasteiger partial charge in [0.1, 0.15) is 0 Å². The number of rotatable bonds is 7. The lowest BCUT2D eigenvalue weighted by Gasteiger charge is -2.10. The van der Waals surface area contributed by atoms with Gasteiger partial charge in [-0.3, -0.25) is 9.48 Å². The van der Waals surface area contributed by atoms with Crippen molar-refractivity contribution in [2.45, 2.75) is 19.9 Å². The predicted molar refractivity (Wildman–Crippen MR) is 105 cm³/mol. The molecule has 26 heavy (non-hydrogen) atoms. The van der Waals surface area contributed by atoms with Crippen LogP contribution in [0.25, 0.3) is 11.6 Å². The normalized spacial score (nSPS) is 11.3. The maximum absolute atomic E-state index is 12.8. The van der Waals surface area contributed by atoms with Crippen LogP contribution in [0.2, 0.25) is 0 Å². The highest BCUT2D eigenvalue weighted by Crippen LogP contribution is 2.18. The van der Waals surface area contributed by atoms with Crippen molar-refractivity contribution in [2.24, 2.45) is 0 Å². The van der Waals surface area contributed by atoms with E-state index in [1.807, 2.05) is 90.7 Å². The van der Waals surface area contributed by atoms with Crippen LogP contribution in [0.4, 0.5) is 0 Å². The number of aromatic nitrogens is 2. The molecule has 0 bridgehead atoms. The van der Waals surface area contributed by atoms with Crippen molar-refractivity contribution in [1.82, 2.24) is 15.1 Å². The second kappa shape index (κ2) is 8.81. The minimum absolute atomic E-state index is 0.0586. The molecule has 0 saturated carbocycles. The Bertz CT molecular complexity index is 867. The van der Waals surface area contributed by atoms with Crippen molar-refractivity contribution >= 4 is 17.6 Å². The van der Waals surface area contributed by atoms with E-state index in [1.54, 1.807) is 0 Å². The van der Waals surface area contributed by atoms with Crippen molar-refractivity contribution in [2.75, 3.05) is 6.54 Å². The predicted octanol–water partition coefficient (Wildman–Crippen LogP) is 3.94. The van der Waals surface area contributed by atoms with E-state index in [0.717, 1.165) is 29.7 Å². The van der Waals surface area contributed by atoms with Gasteiger partial charge < -0.3 is 5.32 Å². The average Bonchev–Trinajstić information content (AvgIpc) is 3.10. The van der Waals surface area contributed by atoms with Crippen LogP contribution in [0.3, 0.4) is 0 Å². The summed E-state index contributed by atoms with van der Waals surface area (Å²) in [5.41, 5.74) is 3.74. The van der Waals surface area contributed by atoms with Gasteiger partial charge in [0, 0.05) is 24.9 Å². The summed E-state index contributed by atoms with van der Waals surface area (Å²) in [6.45, 7) is 3.42. The molecule has 0 aliphatic carbocycles. The van der Waals surface area contributed by atoms with Crippen LogP contribution in [0.15, 0.2) is 73.1 Å². The number of carbonyl (C=O) groups is 1. The first-order chi connectivity index (χ1) is 12.7. The van der Waals surface area contributed by atoms with Gasteiger partial charge in [0.25, 0.3) is 5.91 Å². The molecular formula is C22H23N3O. The van der Waals surface area contributed by atoms with Gasteiger partial charge in [0.05, 0.1) is 6.20 Å². The van der Waals surface area contributed by atoms with Crippen molar-refractivity contribution in [3.63, 3.8) is 0 Å². The summed E-state index contributed by atoms with van der Waals surface area (Å²) >= 11 is 0. The summed E-state index contributed by atoms with van der Waals surface area (Å²) in [5.74, 6) is -0.0586. The fourth-order valence-corrected chi connectivity index (χ4v) is 2.74. The number of hydrogen-bond acceptors (Lipinski definition) is 2. The van der Waals surface area contributed by atoms with Gasteiger partial charge in [-0.15, -0.1) is 0 Å². The van der Waals surface area contributed by atoms with E-state index in [4.69, 9.17) is 0 Å². The number of hydrogen-bond donors (Lipinski definition) is 1. The molecule has 0 fully saturated rings. The topological polar surface area (TPSA) is 46.9 Å². The molecule has 0 unspecified atom stereocenters. The van der Waals surface area contributed by atoms with Gasteiger partial charge in [0.2, 0.25) is 0 Å². The van der Waals surface area contributed by atoms with Crippen molar-refractivity contribution in [3.05, 3.63) is 89.7 Å². The SMILES string of the molecule is Cc1cnn(CCCNC(=O)/C(=C\c2ccccc2)c2ccccc2)c1. The monoisotopic (exact) mass is 345 g/mol. The van der Waals surface area contributed by atoms with Crippen LogP contribution >= 0.6 is 0 Å². The fraction of sp³-hybridized carbons (Fsp3) is 0.182. The third-order valence-electron chi connectivity index (χ3n) is 4.05. The summed E-state index contributed by atoms with van der Waals surface area (Å²) in [7, 11) is 0. The molecule has 4 nitrogen and oxygen atoms in total. The zero-order chi connectivity index (χ0) is 18.2. The Morgan fingerprint density at radius 2 is 1.77 bits per heavy atom. The van der Waals surface area contributed by atoms with Gasteiger partial charge in [-0.1, -0.05) is 60.7 Å². The summed E-state index contributed by atoms with van der Waals surface area (Å²) in [4.78, 5) is 12.8. The lowest BCUT2D eigenvalue weighted by molar-refractivity contribution is -0.115. The molecular weight excluding hydrogens is 322 g/mol. The minimum Gasteiger partial charge on any atom is -0.352 e. The molecule has 0 spiro atoms. The molecule has 0 aliphatic rings. The molecule has 1 heterocycles. The third kappa shape index (κ3) is 4.93. The number of carbonyl (C=O) groups excluding carboxylic acids is 1. The number of nitrogens with zero attached hydrogens (tertiary/aromatic N) is 2. The average molecular weight is 345 g/mol. The quantitative estimate of drug-likeness (QED) is 0.400. The highest BCUT2D eigenvalue weighted by molar-refractivity contribution is 6.24. The first-order valence-corrected chi connectivity index (χ1v) is 8.82. The number of aryl methyl sites for hydroxylation is 2. The third-order valence-corrected chi connectivity index (χ3v) is 4.05. The van der Waals surface area contributed by atoms with E-state index in [0.29, 0.717) is 12.1 Å². The van der Waals surface area contributed by atoms with E-state index in [1.165, 1.54) is 0 Å². The van der Waals surface area contributed by atoms with Crippen LogP contribution < -0.4 is 5.32 Å². The summed E-state index contributed by atoms with van der Waals surface area (Å²) < 4.78 is 1.90. The lowest BCUT2D eigenvalue weighted by atomic mass is 10.0. The first kappa shape index (κ1) is 17.7. The molecule has 1 N–H and O–H groups in total. The van der Waals surface area contributed by atoms with Crippen LogP contribution in [0, 0.1) is 6.92 Å². The molecule has 2 aromatic carbocycles. The Morgan fingerprint density at radius 1 is 1.08 bits per heavy atom. The molecule has 3 rings (SSSR count). The van der Waals surface area contributed by atoms with E-state index < -0.39 is 0 Å². The summed E-state index contributed by atoms with van der Waals surface area (Å²) in [5, 5.41) is 7.29. The molecule has 0 radical (unpaired) electrons. The zero-order valence-corrected chi connectivity index (χ0v) is 14.9. The van der Waals surface area contributed by atoms with Crippen molar-refractivity contribution in [1.29, 1.82) is 0 Å². The minimum atomic E-state index is -0.0586. The molecule has 3 aromatic rings. The summed E-state index contributed by atoms with van der Waals surface area (Å²) in [6.07, 6.45) is 6.61. The lowest BCUT2D eigenvalue weighted by Crippen LogP contribution is -2.26. The molecule has 0 atom stereocenters. The smallest absolute Gasteiger partial charge is 0.251 e. The fourth-order valence-electron chi connectivity index (χ4n) is 2.74. The number of nitrogens with one attached hydrogen (secondary N) is 1. The summed E-state index contributed by atoms with van der Waals surface area (Å²) in [6, 6.07) is 19.7. The zero-order valence-electron chi connectivity index (χ0n) is 14.9. The largest absolute Gasteiger partial charge is 0.352 e. The van der Waals surface area contributed by atoms with Crippen molar-refractivity contribution in [3.8, 4) is 0 Å². The van der Waals surface area contributed by atoms with E-state index in [2.05, 4.69) is 10.4 Å². The molecule has 1 amide bonds. The Kier molecular flexibility index (Phi) is 5.99. The Hall–Kier alpha value is -3.14. The number of amides is 1. The molecule has 0 saturated heterocycles. The van der Waals surface area contributed by atoms with Crippen molar-refractivity contribution < 1.29 is 4.79 Å². The standard InChI is InChI=1S/C22H23N3O/c1-18-16-24-25(17-18)14-8-13-23-22(26)21(20-11-6-3-7-12-20)15-19-9-4-2-5-10-19/h2-7,9-12,15-17H,8,13-14H2,1H3,(H,23,26)/b21-15-. The van der Waals surface area contributed by atoms with Crippen LogP contribution in [0.1, 0.15) is 23.1 Å².